The van der Waals surface area contributed by atoms with Crippen LogP contribution in [0.3, 0.4) is 0 Å². The summed E-state index contributed by atoms with van der Waals surface area (Å²) in [4.78, 5) is 29.7. The van der Waals surface area contributed by atoms with Crippen LogP contribution in [0.15, 0.2) is 65.6 Å². The van der Waals surface area contributed by atoms with E-state index in [4.69, 9.17) is 5.26 Å². The Morgan fingerprint density at radius 2 is 1.75 bits per heavy atom. The molecule has 0 spiro atoms. The van der Waals surface area contributed by atoms with Crippen molar-refractivity contribution < 1.29 is 18.0 Å². The number of carbonyl (C=O) groups excluding carboxylic acids is 1. The third-order valence-corrected chi connectivity index (χ3v) is 7.09. The highest BCUT2D eigenvalue weighted by atomic mass is 19.4. The van der Waals surface area contributed by atoms with Gasteiger partial charge in [0.1, 0.15) is 11.3 Å². The predicted octanol–water partition coefficient (Wildman–Crippen LogP) is 3.74. The Balaban J connectivity index is 1.67. The molecule has 0 saturated carbocycles. The number of nitrogens with zero attached hydrogens (tertiary/aromatic N) is 6. The average molecular weight is 550 g/mol. The molecule has 0 bridgehead atoms. The molecular weight excluding hydrogens is 523 g/mol. The van der Waals surface area contributed by atoms with Gasteiger partial charge in [0.05, 0.1) is 40.5 Å². The van der Waals surface area contributed by atoms with E-state index in [0.29, 0.717) is 29.8 Å². The third kappa shape index (κ3) is 5.03. The summed E-state index contributed by atoms with van der Waals surface area (Å²) in [6.45, 7) is 1.57. The molecule has 206 valence electrons. The number of rotatable bonds is 5. The fraction of sp³-hybridized carbons (Fsp3) is 0.286. The molecule has 1 fully saturated rings. The summed E-state index contributed by atoms with van der Waals surface area (Å²) in [5.74, 6) is -0.608. The first-order chi connectivity index (χ1) is 19.1. The number of likely N-dealkylation sites (tertiary alicyclic amines) is 1. The molecule has 0 atom stereocenters. The van der Waals surface area contributed by atoms with E-state index in [0.717, 1.165) is 29.9 Å². The van der Waals surface area contributed by atoms with E-state index in [-0.39, 0.29) is 23.0 Å². The largest absolute Gasteiger partial charge is 0.416 e. The molecule has 2 aromatic carbocycles. The van der Waals surface area contributed by atoms with Gasteiger partial charge in [0.2, 0.25) is 0 Å². The Morgan fingerprint density at radius 3 is 2.40 bits per heavy atom. The molecule has 1 amide bonds. The van der Waals surface area contributed by atoms with Crippen LogP contribution in [0.1, 0.15) is 34.3 Å². The van der Waals surface area contributed by atoms with E-state index in [2.05, 4.69) is 15.3 Å². The summed E-state index contributed by atoms with van der Waals surface area (Å²) in [6.07, 6.45) is -1.71. The summed E-state index contributed by atoms with van der Waals surface area (Å²) >= 11 is 0. The van der Waals surface area contributed by atoms with Crippen molar-refractivity contribution in [1.29, 1.82) is 5.26 Å². The molecule has 1 saturated heterocycles. The maximum absolute atomic E-state index is 13.9. The van der Waals surface area contributed by atoms with E-state index in [1.807, 2.05) is 13.1 Å². The molecule has 40 heavy (non-hydrogen) atoms. The molecule has 1 N–H and O–H groups in total. The van der Waals surface area contributed by atoms with E-state index in [1.54, 1.807) is 30.3 Å². The number of nitrogens with one attached hydrogen (secondary N) is 1. The lowest BCUT2D eigenvalue weighted by molar-refractivity contribution is -0.137. The number of nitriles is 1. The number of halogens is 3. The van der Waals surface area contributed by atoms with Crippen LogP contribution in [-0.2, 0) is 13.2 Å². The quantitative estimate of drug-likeness (QED) is 0.409. The van der Waals surface area contributed by atoms with Crippen molar-refractivity contribution in [2.24, 2.45) is 7.05 Å². The molecule has 5 rings (SSSR count). The highest BCUT2D eigenvalue weighted by molar-refractivity contribution is 6.00. The minimum atomic E-state index is -4.61. The van der Waals surface area contributed by atoms with Crippen molar-refractivity contribution in [2.75, 3.05) is 20.1 Å². The molecule has 0 radical (unpaired) electrons. The zero-order valence-corrected chi connectivity index (χ0v) is 21.8. The van der Waals surface area contributed by atoms with Gasteiger partial charge in [-0.2, -0.15) is 23.5 Å². The lowest BCUT2D eigenvalue weighted by Crippen LogP contribution is -2.44. The number of hydrogen-bond donors (Lipinski definition) is 1. The van der Waals surface area contributed by atoms with Gasteiger partial charge in [-0.1, -0.05) is 6.07 Å². The fourth-order valence-corrected chi connectivity index (χ4v) is 4.98. The van der Waals surface area contributed by atoms with Gasteiger partial charge in [0, 0.05) is 13.1 Å². The number of carbonyl (C=O) groups is 1. The Bertz CT molecular complexity index is 1650. The Labute approximate surface area is 227 Å². The van der Waals surface area contributed by atoms with Gasteiger partial charge in [-0.3, -0.25) is 14.3 Å². The molecule has 1 aliphatic heterocycles. The smallest absolute Gasteiger partial charge is 0.349 e. The van der Waals surface area contributed by atoms with Crippen LogP contribution >= 0.6 is 0 Å². The molecular formula is C28H26F3N7O2. The van der Waals surface area contributed by atoms with Gasteiger partial charge in [0.15, 0.2) is 0 Å². The number of alkyl halides is 3. The van der Waals surface area contributed by atoms with Crippen LogP contribution in [0.2, 0.25) is 0 Å². The summed E-state index contributed by atoms with van der Waals surface area (Å²) in [5, 5.41) is 16.5. The van der Waals surface area contributed by atoms with Crippen molar-refractivity contribution in [2.45, 2.75) is 25.1 Å². The first kappa shape index (κ1) is 27.0. The second kappa shape index (κ2) is 10.5. The number of hydrogen-bond acceptors (Lipinski definition) is 5. The SMILES string of the molecule is CN1CCC(NC(=O)c2c(-c3ccnn3-c3ccc(C#N)cc3)n(C)n(-c3cccc(C(F)(F)F)c3)c2=O)CC1. The summed E-state index contributed by atoms with van der Waals surface area (Å²) < 4.78 is 44.5. The van der Waals surface area contributed by atoms with Gasteiger partial charge in [0.25, 0.3) is 11.5 Å². The van der Waals surface area contributed by atoms with Gasteiger partial charge >= 0.3 is 6.18 Å². The minimum Gasteiger partial charge on any atom is -0.349 e. The van der Waals surface area contributed by atoms with E-state index >= 15 is 0 Å². The van der Waals surface area contributed by atoms with Gasteiger partial charge < -0.3 is 10.2 Å². The highest BCUT2D eigenvalue weighted by Gasteiger charge is 2.33. The second-order valence-corrected chi connectivity index (χ2v) is 9.75. The van der Waals surface area contributed by atoms with Crippen LogP contribution in [0, 0.1) is 11.3 Å². The maximum atomic E-state index is 13.9. The lowest BCUT2D eigenvalue weighted by Gasteiger charge is -2.29. The third-order valence-electron chi connectivity index (χ3n) is 7.09. The van der Waals surface area contributed by atoms with Gasteiger partial charge in [-0.25, -0.2) is 9.36 Å². The van der Waals surface area contributed by atoms with Crippen molar-refractivity contribution in [1.82, 2.24) is 29.4 Å². The molecule has 0 unspecified atom stereocenters. The molecule has 4 aromatic rings. The van der Waals surface area contributed by atoms with Crippen LogP contribution in [0.25, 0.3) is 22.8 Å². The van der Waals surface area contributed by atoms with Crippen molar-refractivity contribution in [3.8, 4) is 28.8 Å². The Morgan fingerprint density at radius 1 is 1.05 bits per heavy atom. The van der Waals surface area contributed by atoms with Gasteiger partial charge in [-0.15, -0.1) is 0 Å². The molecule has 9 nitrogen and oxygen atoms in total. The maximum Gasteiger partial charge on any atom is 0.416 e. The zero-order chi connectivity index (χ0) is 28.6. The van der Waals surface area contributed by atoms with Crippen LogP contribution in [-0.4, -0.2) is 56.1 Å². The summed E-state index contributed by atoms with van der Waals surface area (Å²) in [5.41, 5.74) is -0.327. The summed E-state index contributed by atoms with van der Waals surface area (Å²) in [7, 11) is 3.50. The fourth-order valence-electron chi connectivity index (χ4n) is 4.98. The predicted molar refractivity (Wildman–Crippen MR) is 141 cm³/mol. The average Bonchev–Trinajstić information content (AvgIpc) is 3.51. The molecule has 2 aromatic heterocycles. The molecule has 0 aliphatic carbocycles. The van der Waals surface area contributed by atoms with Crippen molar-refractivity contribution in [3.63, 3.8) is 0 Å². The van der Waals surface area contributed by atoms with E-state index < -0.39 is 23.2 Å². The van der Waals surface area contributed by atoms with Gasteiger partial charge in [-0.05, 0) is 81.5 Å². The molecule has 12 heteroatoms. The molecule has 1 aliphatic rings. The lowest BCUT2D eigenvalue weighted by atomic mass is 10.0. The normalized spacial score (nSPS) is 14.7. The topological polar surface area (TPSA) is 101 Å². The molecule has 3 heterocycles. The summed E-state index contributed by atoms with van der Waals surface area (Å²) in [6, 6.07) is 14.5. The number of aromatic nitrogens is 4. The van der Waals surface area contributed by atoms with Crippen molar-refractivity contribution in [3.05, 3.63) is 87.8 Å². The number of amides is 1. The van der Waals surface area contributed by atoms with Crippen LogP contribution in [0.4, 0.5) is 13.2 Å². The monoisotopic (exact) mass is 549 g/mol. The highest BCUT2D eigenvalue weighted by Crippen LogP contribution is 2.31. The Hall–Kier alpha value is -4.63. The van der Waals surface area contributed by atoms with Crippen LogP contribution < -0.4 is 10.9 Å². The van der Waals surface area contributed by atoms with E-state index in [9.17, 15) is 22.8 Å². The van der Waals surface area contributed by atoms with Crippen molar-refractivity contribution >= 4 is 5.91 Å². The minimum absolute atomic E-state index is 0.0358. The second-order valence-electron chi connectivity index (χ2n) is 9.75. The Kier molecular flexibility index (Phi) is 7.08. The van der Waals surface area contributed by atoms with Crippen LogP contribution in [0.5, 0.6) is 0 Å². The zero-order valence-electron chi connectivity index (χ0n) is 21.8. The first-order valence-electron chi connectivity index (χ1n) is 12.6. The van der Waals surface area contributed by atoms with E-state index in [1.165, 1.54) is 34.7 Å². The number of benzene rings is 2. The number of piperidine rings is 1. The standard InChI is InChI=1S/C28H26F3N7O2/c1-35-14-11-20(12-15-35)34-26(39)24-25(23-10-13-33-37(23)21-8-6-18(17-32)7-9-21)36(2)38(27(24)40)22-5-3-4-19(16-22)28(29,30)31/h3-10,13,16,20H,11-12,14-15H2,1-2H3,(H,34,39). The first-order valence-corrected chi connectivity index (χ1v) is 12.6.